The van der Waals surface area contributed by atoms with Gasteiger partial charge in [0.2, 0.25) is 0 Å². The zero-order valence-corrected chi connectivity index (χ0v) is 6.04. The van der Waals surface area contributed by atoms with E-state index in [4.69, 9.17) is 0 Å². The van der Waals surface area contributed by atoms with Crippen LogP contribution in [-0.4, -0.2) is 17.5 Å². The molecule has 1 rings (SSSR count). The quantitative estimate of drug-likeness (QED) is 0.513. The van der Waals surface area contributed by atoms with Gasteiger partial charge in [0.1, 0.15) is 0 Å². The summed E-state index contributed by atoms with van der Waals surface area (Å²) in [5.74, 6) is 0. The fraction of sp³-hybridized carbons (Fsp3) is 0.500. The van der Waals surface area contributed by atoms with Gasteiger partial charge in [-0.1, -0.05) is 12.2 Å². The van der Waals surface area contributed by atoms with E-state index in [0.29, 0.717) is 6.04 Å². The van der Waals surface area contributed by atoms with Gasteiger partial charge in [-0.3, -0.25) is 0 Å². The van der Waals surface area contributed by atoms with Crippen molar-refractivity contribution in [2.45, 2.75) is 19.9 Å². The fourth-order valence-electron chi connectivity index (χ4n) is 0.865. The highest BCUT2D eigenvalue weighted by Crippen LogP contribution is 2.02. The first kappa shape index (κ1) is 6.40. The lowest BCUT2D eigenvalue weighted by Crippen LogP contribution is -2.26. The van der Waals surface area contributed by atoms with Crippen LogP contribution in [0.1, 0.15) is 13.8 Å². The maximum Gasteiger partial charge on any atom is 0.0359 e. The van der Waals surface area contributed by atoms with E-state index in [1.54, 1.807) is 0 Å². The Morgan fingerprint density at radius 1 is 1.33 bits per heavy atom. The predicted octanol–water partition coefficient (Wildman–Crippen LogP) is 1.78. The Kier molecular flexibility index (Phi) is 1.93. The molecule has 1 aliphatic heterocycles. The minimum Gasteiger partial charge on any atom is -0.371 e. The number of hydrogen-bond donors (Lipinski definition) is 0. The second-order valence-corrected chi connectivity index (χ2v) is 2.56. The van der Waals surface area contributed by atoms with E-state index < -0.39 is 0 Å². The first-order chi connectivity index (χ1) is 4.30. The van der Waals surface area contributed by atoms with Gasteiger partial charge in [-0.25, -0.2) is 0 Å². The Morgan fingerprint density at radius 3 is 2.44 bits per heavy atom. The number of nitrogens with zero attached hydrogens (tertiary/aromatic N) is 1. The van der Waals surface area contributed by atoms with Crippen molar-refractivity contribution in [2.24, 2.45) is 0 Å². The number of hydrogen-bond acceptors (Lipinski definition) is 1. The Morgan fingerprint density at radius 2 is 2.11 bits per heavy atom. The Bertz CT molecular complexity index is 134. The zero-order valence-electron chi connectivity index (χ0n) is 6.04. The summed E-state index contributed by atoms with van der Waals surface area (Å²) >= 11 is 0. The summed E-state index contributed by atoms with van der Waals surface area (Å²) in [6.45, 7) is 5.46. The Labute approximate surface area is 56.7 Å². The molecule has 0 unspecified atom stereocenters. The Balaban J connectivity index is 2.46. The average Bonchev–Trinajstić information content (AvgIpc) is 1.90. The predicted molar refractivity (Wildman–Crippen MR) is 40.1 cm³/mol. The average molecular weight is 123 g/mol. The molecule has 0 saturated heterocycles. The molecular formula is C8H13N. The summed E-state index contributed by atoms with van der Waals surface area (Å²) in [5.41, 5.74) is 0. The van der Waals surface area contributed by atoms with Crippen molar-refractivity contribution in [1.29, 1.82) is 0 Å². The van der Waals surface area contributed by atoms with Crippen LogP contribution in [0.4, 0.5) is 0 Å². The number of allylic oxidation sites excluding steroid dienone is 2. The second-order valence-electron chi connectivity index (χ2n) is 2.56. The largest absolute Gasteiger partial charge is 0.371 e. The SMILES string of the molecule is CC(C)N1C=CC=CC1. The van der Waals surface area contributed by atoms with E-state index in [1.165, 1.54) is 0 Å². The van der Waals surface area contributed by atoms with E-state index in [-0.39, 0.29) is 0 Å². The van der Waals surface area contributed by atoms with Crippen molar-refractivity contribution in [3.05, 3.63) is 24.4 Å². The standard InChI is InChI=1S/C8H13N/c1-8(2)9-6-4-3-5-7-9/h3-6,8H,7H2,1-2H3. The van der Waals surface area contributed by atoms with Crippen LogP contribution in [0.15, 0.2) is 24.4 Å². The van der Waals surface area contributed by atoms with E-state index >= 15 is 0 Å². The van der Waals surface area contributed by atoms with E-state index in [9.17, 15) is 0 Å². The molecule has 0 bridgehead atoms. The van der Waals surface area contributed by atoms with Crippen molar-refractivity contribution in [3.8, 4) is 0 Å². The highest BCUT2D eigenvalue weighted by Gasteiger charge is 2.01. The van der Waals surface area contributed by atoms with E-state index in [0.717, 1.165) is 6.54 Å². The Hall–Kier alpha value is -0.720. The minimum atomic E-state index is 0.631. The maximum absolute atomic E-state index is 2.29. The lowest BCUT2D eigenvalue weighted by molar-refractivity contribution is 0.339. The van der Waals surface area contributed by atoms with Gasteiger partial charge in [-0.2, -0.15) is 0 Å². The molecule has 1 heteroatoms. The van der Waals surface area contributed by atoms with Crippen LogP contribution in [0.5, 0.6) is 0 Å². The number of rotatable bonds is 1. The van der Waals surface area contributed by atoms with Crippen LogP contribution in [0.3, 0.4) is 0 Å². The molecule has 0 amide bonds. The van der Waals surface area contributed by atoms with E-state index in [1.807, 2.05) is 0 Å². The normalized spacial score (nSPS) is 17.4. The molecular weight excluding hydrogens is 110 g/mol. The molecule has 0 aromatic carbocycles. The minimum absolute atomic E-state index is 0.631. The molecule has 0 aliphatic carbocycles. The molecule has 0 N–H and O–H groups in total. The van der Waals surface area contributed by atoms with Gasteiger partial charge in [-0.15, -0.1) is 0 Å². The van der Waals surface area contributed by atoms with Gasteiger partial charge in [0, 0.05) is 12.6 Å². The summed E-state index contributed by atoms with van der Waals surface area (Å²) < 4.78 is 0. The van der Waals surface area contributed by atoms with Gasteiger partial charge < -0.3 is 4.90 Å². The van der Waals surface area contributed by atoms with E-state index in [2.05, 4.69) is 43.2 Å². The monoisotopic (exact) mass is 123 g/mol. The molecule has 0 spiro atoms. The molecule has 9 heavy (non-hydrogen) atoms. The third kappa shape index (κ3) is 1.60. The van der Waals surface area contributed by atoms with Crippen molar-refractivity contribution in [1.82, 2.24) is 4.90 Å². The molecule has 1 aliphatic rings. The molecule has 0 aromatic heterocycles. The van der Waals surface area contributed by atoms with Crippen molar-refractivity contribution < 1.29 is 0 Å². The highest BCUT2D eigenvalue weighted by molar-refractivity contribution is 5.08. The first-order valence-electron chi connectivity index (χ1n) is 3.40. The summed E-state index contributed by atoms with van der Waals surface area (Å²) in [5, 5.41) is 0. The third-order valence-electron chi connectivity index (χ3n) is 1.50. The van der Waals surface area contributed by atoms with Crippen LogP contribution in [0.25, 0.3) is 0 Å². The molecule has 1 heterocycles. The molecule has 1 nitrogen and oxygen atoms in total. The van der Waals surface area contributed by atoms with Crippen LogP contribution in [-0.2, 0) is 0 Å². The summed E-state index contributed by atoms with van der Waals surface area (Å²) in [4.78, 5) is 2.29. The van der Waals surface area contributed by atoms with Crippen LogP contribution in [0.2, 0.25) is 0 Å². The van der Waals surface area contributed by atoms with Crippen LogP contribution < -0.4 is 0 Å². The summed E-state index contributed by atoms with van der Waals surface area (Å²) in [6.07, 6.45) is 8.45. The smallest absolute Gasteiger partial charge is 0.0359 e. The van der Waals surface area contributed by atoms with Crippen molar-refractivity contribution in [2.75, 3.05) is 6.54 Å². The van der Waals surface area contributed by atoms with Gasteiger partial charge in [-0.05, 0) is 26.1 Å². The summed E-state index contributed by atoms with van der Waals surface area (Å²) in [6, 6.07) is 0.631. The fourth-order valence-corrected chi connectivity index (χ4v) is 0.865. The topological polar surface area (TPSA) is 3.24 Å². The molecule has 0 radical (unpaired) electrons. The molecule has 0 atom stereocenters. The van der Waals surface area contributed by atoms with Crippen molar-refractivity contribution in [3.63, 3.8) is 0 Å². The third-order valence-corrected chi connectivity index (χ3v) is 1.50. The second kappa shape index (κ2) is 2.72. The lowest BCUT2D eigenvalue weighted by Gasteiger charge is -2.24. The van der Waals surface area contributed by atoms with Gasteiger partial charge in [0.15, 0.2) is 0 Å². The molecule has 0 fully saturated rings. The summed E-state index contributed by atoms with van der Waals surface area (Å²) in [7, 11) is 0. The van der Waals surface area contributed by atoms with Crippen LogP contribution >= 0.6 is 0 Å². The maximum atomic E-state index is 2.29. The zero-order chi connectivity index (χ0) is 6.69. The molecule has 0 saturated carbocycles. The first-order valence-corrected chi connectivity index (χ1v) is 3.40. The van der Waals surface area contributed by atoms with Gasteiger partial charge in [0.25, 0.3) is 0 Å². The van der Waals surface area contributed by atoms with Gasteiger partial charge >= 0.3 is 0 Å². The highest BCUT2D eigenvalue weighted by atomic mass is 15.1. The molecule has 0 aromatic rings. The lowest BCUT2D eigenvalue weighted by atomic mass is 10.3. The molecule has 50 valence electrons. The van der Waals surface area contributed by atoms with Crippen LogP contribution in [0, 0.1) is 0 Å². The van der Waals surface area contributed by atoms with Gasteiger partial charge in [0.05, 0.1) is 0 Å². The van der Waals surface area contributed by atoms with Crippen molar-refractivity contribution >= 4 is 0 Å².